The van der Waals surface area contributed by atoms with Crippen LogP contribution in [0.1, 0.15) is 37.3 Å². The number of carboxylic acid groups (broad SMARTS) is 1. The molecule has 0 bridgehead atoms. The van der Waals surface area contributed by atoms with E-state index in [0.29, 0.717) is 5.92 Å². The van der Waals surface area contributed by atoms with Crippen molar-refractivity contribution in [2.24, 2.45) is 0 Å². The van der Waals surface area contributed by atoms with Gasteiger partial charge >= 0.3 is 6.09 Å². The first-order valence-corrected chi connectivity index (χ1v) is 10.3. The number of rotatable bonds is 3. The molecular formula is C13H22N2O3Si. The largest absolute Gasteiger partial charge is 0.465 e. The normalized spacial score (nSPS) is 24.2. The summed E-state index contributed by atoms with van der Waals surface area (Å²) in [7, 11) is -1.43. The third kappa shape index (κ3) is 3.59. The highest BCUT2D eigenvalue weighted by atomic mass is 28.3. The van der Waals surface area contributed by atoms with Crippen molar-refractivity contribution in [3.63, 3.8) is 0 Å². The second-order valence-corrected chi connectivity index (χ2v) is 11.4. The maximum Gasteiger partial charge on any atom is 0.404 e. The molecule has 6 heteroatoms. The van der Waals surface area contributed by atoms with Crippen LogP contribution < -0.4 is 10.7 Å². The van der Waals surface area contributed by atoms with Crippen LogP contribution in [-0.2, 0) is 0 Å². The summed E-state index contributed by atoms with van der Waals surface area (Å²) in [6, 6.07) is 2.21. The van der Waals surface area contributed by atoms with Gasteiger partial charge in [-0.15, -0.1) is 0 Å². The summed E-state index contributed by atoms with van der Waals surface area (Å²) < 4.78 is 5.48. The van der Waals surface area contributed by atoms with Crippen molar-refractivity contribution in [2.45, 2.75) is 57.3 Å². The number of aromatic nitrogens is 1. The molecule has 1 heterocycles. The molecule has 1 saturated carbocycles. The van der Waals surface area contributed by atoms with Gasteiger partial charge in [0.1, 0.15) is 13.5 Å². The summed E-state index contributed by atoms with van der Waals surface area (Å²) in [5.74, 6) is 0.417. The van der Waals surface area contributed by atoms with Gasteiger partial charge in [0.25, 0.3) is 0 Å². The fourth-order valence-electron chi connectivity index (χ4n) is 2.54. The van der Waals surface area contributed by atoms with Crippen molar-refractivity contribution >= 4 is 19.6 Å². The first-order chi connectivity index (χ1) is 8.86. The SMILES string of the molecule is C[Si](C)(C)c1cc(C2CCC(NC(=O)O)CC2)no1. The third-order valence-corrected chi connectivity index (χ3v) is 5.45. The fraction of sp³-hybridized carbons (Fsp3) is 0.692. The van der Waals surface area contributed by atoms with Crippen LogP contribution in [0.3, 0.4) is 0 Å². The lowest BCUT2D eigenvalue weighted by molar-refractivity contribution is 0.184. The Kier molecular flexibility index (Phi) is 3.98. The minimum atomic E-state index is -1.43. The third-order valence-electron chi connectivity index (χ3n) is 3.74. The molecule has 1 aromatic rings. The molecule has 1 aromatic heterocycles. The molecule has 1 aliphatic rings. The topological polar surface area (TPSA) is 75.4 Å². The average Bonchev–Trinajstić information content (AvgIpc) is 2.78. The first kappa shape index (κ1) is 14.1. The Morgan fingerprint density at radius 2 is 2.00 bits per heavy atom. The highest BCUT2D eigenvalue weighted by molar-refractivity contribution is 6.87. The molecule has 0 aliphatic heterocycles. The van der Waals surface area contributed by atoms with Gasteiger partial charge in [-0.25, -0.2) is 4.79 Å². The molecule has 1 amide bonds. The summed E-state index contributed by atoms with van der Waals surface area (Å²) in [5, 5.41) is 16.5. The first-order valence-electron chi connectivity index (χ1n) is 6.83. The number of nitrogens with zero attached hydrogens (tertiary/aromatic N) is 1. The van der Waals surface area contributed by atoms with Crippen LogP contribution in [0.4, 0.5) is 4.79 Å². The second-order valence-electron chi connectivity index (χ2n) is 6.36. The fourth-order valence-corrected chi connectivity index (χ4v) is 3.44. The summed E-state index contributed by atoms with van der Waals surface area (Å²) >= 11 is 0. The molecule has 0 saturated heterocycles. The van der Waals surface area contributed by atoms with Gasteiger partial charge in [-0.3, -0.25) is 0 Å². The molecule has 0 atom stereocenters. The molecule has 1 fully saturated rings. The monoisotopic (exact) mass is 282 g/mol. The maximum atomic E-state index is 10.6. The molecule has 5 nitrogen and oxygen atoms in total. The van der Waals surface area contributed by atoms with Crippen molar-refractivity contribution in [1.29, 1.82) is 0 Å². The number of nitrogens with one attached hydrogen (secondary N) is 1. The highest BCUT2D eigenvalue weighted by Gasteiger charge is 2.28. The van der Waals surface area contributed by atoms with Crippen molar-refractivity contribution in [3.05, 3.63) is 11.8 Å². The Balaban J connectivity index is 1.94. The van der Waals surface area contributed by atoms with Gasteiger partial charge in [-0.1, -0.05) is 24.8 Å². The molecule has 0 aromatic carbocycles. The average molecular weight is 282 g/mol. The van der Waals surface area contributed by atoms with Crippen molar-refractivity contribution < 1.29 is 14.4 Å². The number of carbonyl (C=O) groups is 1. The molecule has 0 unspecified atom stereocenters. The Bertz CT molecular complexity index is 445. The van der Waals surface area contributed by atoms with Gasteiger partial charge in [-0.05, 0) is 31.7 Å². The van der Waals surface area contributed by atoms with Gasteiger partial charge in [0.15, 0.2) is 0 Å². The minimum absolute atomic E-state index is 0.0945. The van der Waals surface area contributed by atoms with Gasteiger partial charge < -0.3 is 14.9 Å². The molecular weight excluding hydrogens is 260 g/mol. The van der Waals surface area contributed by atoms with E-state index in [9.17, 15) is 4.79 Å². The quantitative estimate of drug-likeness (QED) is 0.835. The summed E-state index contributed by atoms with van der Waals surface area (Å²) in [6.45, 7) is 6.72. The van der Waals surface area contributed by atoms with Crippen LogP contribution in [0.2, 0.25) is 19.6 Å². The number of hydrogen-bond acceptors (Lipinski definition) is 3. The van der Waals surface area contributed by atoms with Crippen molar-refractivity contribution in [1.82, 2.24) is 10.5 Å². The molecule has 0 spiro atoms. The lowest BCUT2D eigenvalue weighted by atomic mass is 9.84. The molecule has 1 aliphatic carbocycles. The summed E-state index contributed by atoms with van der Waals surface area (Å²) in [6.07, 6.45) is 2.79. The van der Waals surface area contributed by atoms with Crippen LogP contribution in [-0.4, -0.2) is 30.5 Å². The zero-order chi connectivity index (χ0) is 14.0. The maximum absolute atomic E-state index is 10.6. The summed E-state index contributed by atoms with van der Waals surface area (Å²) in [5.41, 5.74) is 1.05. The van der Waals surface area contributed by atoms with E-state index in [2.05, 4.69) is 36.2 Å². The van der Waals surface area contributed by atoms with Crippen LogP contribution in [0.15, 0.2) is 10.6 Å². The Labute approximate surface area is 114 Å². The van der Waals surface area contributed by atoms with E-state index in [-0.39, 0.29) is 6.04 Å². The van der Waals surface area contributed by atoms with Crippen molar-refractivity contribution in [2.75, 3.05) is 0 Å². The Hall–Kier alpha value is -1.30. The zero-order valence-electron chi connectivity index (χ0n) is 11.8. The van der Waals surface area contributed by atoms with Crippen LogP contribution in [0.25, 0.3) is 0 Å². The van der Waals surface area contributed by atoms with Gasteiger partial charge in [0, 0.05) is 12.0 Å². The molecule has 2 rings (SSSR count). The lowest BCUT2D eigenvalue weighted by Crippen LogP contribution is -2.37. The van der Waals surface area contributed by atoms with Crippen LogP contribution in [0.5, 0.6) is 0 Å². The molecule has 0 radical (unpaired) electrons. The predicted molar refractivity (Wildman–Crippen MR) is 75.6 cm³/mol. The molecule has 106 valence electrons. The smallest absolute Gasteiger partial charge is 0.404 e. The van der Waals surface area contributed by atoms with Gasteiger partial charge in [0.2, 0.25) is 0 Å². The van der Waals surface area contributed by atoms with E-state index >= 15 is 0 Å². The molecule has 19 heavy (non-hydrogen) atoms. The van der Waals surface area contributed by atoms with E-state index in [1.165, 1.54) is 0 Å². The standard InChI is InChI=1S/C13H22N2O3Si/c1-19(2,3)12-8-11(15-18-12)9-4-6-10(7-5-9)14-13(16)17/h8-10,14H,4-7H2,1-3H3,(H,16,17). The molecule has 2 N–H and O–H groups in total. The summed E-state index contributed by atoms with van der Waals surface area (Å²) in [4.78, 5) is 10.6. The Morgan fingerprint density at radius 3 is 2.47 bits per heavy atom. The van der Waals surface area contributed by atoms with Gasteiger partial charge in [0.05, 0.1) is 5.69 Å². The number of amides is 1. The van der Waals surface area contributed by atoms with Crippen LogP contribution in [0, 0.1) is 0 Å². The van der Waals surface area contributed by atoms with Gasteiger partial charge in [-0.2, -0.15) is 0 Å². The van der Waals surface area contributed by atoms with E-state index in [0.717, 1.165) is 36.8 Å². The van der Waals surface area contributed by atoms with E-state index in [4.69, 9.17) is 9.63 Å². The van der Waals surface area contributed by atoms with E-state index in [1.807, 2.05) is 0 Å². The highest BCUT2D eigenvalue weighted by Crippen LogP contribution is 2.31. The second kappa shape index (κ2) is 5.36. The van der Waals surface area contributed by atoms with Crippen molar-refractivity contribution in [3.8, 4) is 0 Å². The number of hydrogen-bond donors (Lipinski definition) is 2. The zero-order valence-corrected chi connectivity index (χ0v) is 12.8. The predicted octanol–water partition coefficient (Wildman–Crippen LogP) is 2.51. The minimum Gasteiger partial charge on any atom is -0.465 e. The Morgan fingerprint density at radius 1 is 1.37 bits per heavy atom. The van der Waals surface area contributed by atoms with Crippen LogP contribution >= 0.6 is 0 Å². The van der Waals surface area contributed by atoms with E-state index < -0.39 is 14.2 Å². The lowest BCUT2D eigenvalue weighted by Gasteiger charge is -2.26. The van der Waals surface area contributed by atoms with E-state index in [1.54, 1.807) is 0 Å².